The summed E-state index contributed by atoms with van der Waals surface area (Å²) in [6.07, 6.45) is 0.0777. The van der Waals surface area contributed by atoms with E-state index in [1.807, 2.05) is 6.92 Å². The molecule has 3 rings (SSSR count). The Labute approximate surface area is 152 Å². The summed E-state index contributed by atoms with van der Waals surface area (Å²) in [5.41, 5.74) is 6.63. The van der Waals surface area contributed by atoms with Gasteiger partial charge in [-0.1, -0.05) is 5.16 Å². The van der Waals surface area contributed by atoms with Gasteiger partial charge in [0.25, 0.3) is 0 Å². The number of nitrogens with zero attached hydrogens (tertiary/aromatic N) is 5. The van der Waals surface area contributed by atoms with Crippen LogP contribution in [0.3, 0.4) is 0 Å². The number of rotatable bonds is 8. The van der Waals surface area contributed by atoms with Gasteiger partial charge in [-0.25, -0.2) is 4.98 Å². The molecule has 0 aliphatic carbocycles. The fraction of sp³-hybridized carbons (Fsp3) is 0.688. The van der Waals surface area contributed by atoms with Crippen LogP contribution >= 0.6 is 11.3 Å². The molecule has 1 atom stereocenters. The second-order valence-corrected chi connectivity index (χ2v) is 7.03. The Kier molecular flexibility index (Phi) is 6.49. The first-order valence-corrected chi connectivity index (χ1v) is 9.58. The van der Waals surface area contributed by atoms with Gasteiger partial charge in [-0.3, -0.25) is 9.80 Å². The van der Waals surface area contributed by atoms with Crippen molar-refractivity contribution in [2.24, 2.45) is 5.73 Å². The predicted molar refractivity (Wildman–Crippen MR) is 94.9 cm³/mol. The maximum Gasteiger partial charge on any atom is 0.240 e. The molecule has 1 fully saturated rings. The third-order valence-electron chi connectivity index (χ3n) is 4.23. The highest BCUT2D eigenvalue weighted by Gasteiger charge is 2.20. The second-order valence-electron chi connectivity index (χ2n) is 6.14. The minimum atomic E-state index is 0.0777. The zero-order valence-corrected chi connectivity index (χ0v) is 15.7. The molecule has 1 saturated heterocycles. The number of piperazine rings is 1. The van der Waals surface area contributed by atoms with E-state index in [0.29, 0.717) is 31.4 Å². The number of hydrogen-bond acceptors (Lipinski definition) is 9. The molecule has 2 aromatic heterocycles. The van der Waals surface area contributed by atoms with Crippen molar-refractivity contribution >= 4 is 11.3 Å². The average Bonchev–Trinajstić information content (AvgIpc) is 3.26. The van der Waals surface area contributed by atoms with Crippen molar-refractivity contribution in [2.45, 2.75) is 39.6 Å². The van der Waals surface area contributed by atoms with Crippen molar-refractivity contribution in [1.29, 1.82) is 0 Å². The molecule has 0 radical (unpaired) electrons. The van der Waals surface area contributed by atoms with Crippen LogP contribution in [-0.2, 0) is 24.4 Å². The summed E-state index contributed by atoms with van der Waals surface area (Å²) in [6, 6.07) is 0. The number of aromatic nitrogens is 3. The van der Waals surface area contributed by atoms with E-state index in [4.69, 9.17) is 20.0 Å². The maximum absolute atomic E-state index is 5.61. The van der Waals surface area contributed by atoms with Gasteiger partial charge in [-0.2, -0.15) is 4.98 Å². The van der Waals surface area contributed by atoms with E-state index in [-0.39, 0.29) is 6.10 Å². The normalized spacial score (nSPS) is 17.9. The molecule has 138 valence electrons. The second kappa shape index (κ2) is 8.81. The predicted octanol–water partition coefficient (Wildman–Crippen LogP) is 1.40. The molecule has 3 heterocycles. The molecule has 0 aromatic carbocycles. The van der Waals surface area contributed by atoms with Crippen LogP contribution in [-0.4, -0.2) is 57.7 Å². The molecule has 25 heavy (non-hydrogen) atoms. The lowest BCUT2D eigenvalue weighted by molar-refractivity contribution is 0.0758. The van der Waals surface area contributed by atoms with Crippen LogP contribution in [0.4, 0.5) is 0 Å². The average molecular weight is 366 g/mol. The smallest absolute Gasteiger partial charge is 0.240 e. The molecule has 1 aliphatic heterocycles. The van der Waals surface area contributed by atoms with Gasteiger partial charge >= 0.3 is 0 Å². The minimum absolute atomic E-state index is 0.0777. The summed E-state index contributed by atoms with van der Waals surface area (Å²) >= 11 is 1.68. The highest BCUT2D eigenvalue weighted by Crippen LogP contribution is 2.22. The van der Waals surface area contributed by atoms with Gasteiger partial charge in [0.15, 0.2) is 5.82 Å². The monoisotopic (exact) mass is 366 g/mol. The highest BCUT2D eigenvalue weighted by atomic mass is 32.1. The third kappa shape index (κ3) is 5.05. The summed E-state index contributed by atoms with van der Waals surface area (Å²) in [7, 11) is 0. The SMILES string of the molecule is CCOC(C)c1nc(CN2CCN(Cc3noc(CN)n3)CC2)cs1. The number of ether oxygens (including phenoxy) is 1. The van der Waals surface area contributed by atoms with Gasteiger partial charge in [-0.15, -0.1) is 11.3 Å². The summed E-state index contributed by atoms with van der Waals surface area (Å²) in [4.78, 5) is 13.8. The van der Waals surface area contributed by atoms with Crippen LogP contribution < -0.4 is 5.73 Å². The van der Waals surface area contributed by atoms with Crippen molar-refractivity contribution in [2.75, 3.05) is 32.8 Å². The van der Waals surface area contributed by atoms with E-state index in [2.05, 4.69) is 32.2 Å². The zero-order chi connectivity index (χ0) is 17.6. The topological polar surface area (TPSA) is 93.5 Å². The van der Waals surface area contributed by atoms with Crippen molar-refractivity contribution in [3.05, 3.63) is 27.8 Å². The largest absolute Gasteiger partial charge is 0.372 e. The van der Waals surface area contributed by atoms with Gasteiger partial charge < -0.3 is 15.0 Å². The van der Waals surface area contributed by atoms with Crippen molar-refractivity contribution in [1.82, 2.24) is 24.9 Å². The number of thiazole rings is 1. The van der Waals surface area contributed by atoms with Crippen LogP contribution in [0.5, 0.6) is 0 Å². The minimum Gasteiger partial charge on any atom is -0.372 e. The summed E-state index contributed by atoms with van der Waals surface area (Å²) in [6.45, 7) is 10.7. The van der Waals surface area contributed by atoms with Crippen molar-refractivity contribution in [3.8, 4) is 0 Å². The molecule has 2 N–H and O–H groups in total. The molecular weight excluding hydrogens is 340 g/mol. The first kappa shape index (κ1) is 18.4. The van der Waals surface area contributed by atoms with E-state index in [1.165, 1.54) is 0 Å². The summed E-state index contributed by atoms with van der Waals surface area (Å²) in [5.74, 6) is 1.21. The lowest BCUT2D eigenvalue weighted by Gasteiger charge is -2.33. The Bertz CT molecular complexity index is 653. The molecule has 0 saturated carbocycles. The van der Waals surface area contributed by atoms with Gasteiger partial charge in [-0.05, 0) is 13.8 Å². The molecular formula is C16H26N6O2S. The fourth-order valence-electron chi connectivity index (χ4n) is 2.88. The van der Waals surface area contributed by atoms with E-state index < -0.39 is 0 Å². The van der Waals surface area contributed by atoms with Crippen LogP contribution in [0.2, 0.25) is 0 Å². The summed E-state index contributed by atoms with van der Waals surface area (Å²) < 4.78 is 10.7. The quantitative estimate of drug-likeness (QED) is 0.749. The molecule has 9 heteroatoms. The van der Waals surface area contributed by atoms with Gasteiger partial charge in [0.05, 0.1) is 18.8 Å². The Morgan fingerprint density at radius 2 is 1.96 bits per heavy atom. The molecule has 0 spiro atoms. The van der Waals surface area contributed by atoms with Crippen molar-refractivity contribution < 1.29 is 9.26 Å². The molecule has 2 aromatic rings. The Balaban J connectivity index is 1.44. The lowest BCUT2D eigenvalue weighted by atomic mass is 10.3. The van der Waals surface area contributed by atoms with E-state index in [0.717, 1.165) is 43.4 Å². The standard InChI is InChI=1S/C16H26N6O2S/c1-3-23-12(2)16-18-13(11-25-16)9-21-4-6-22(7-5-21)10-14-19-15(8-17)24-20-14/h11-12H,3-10,17H2,1-2H3. The molecule has 8 nitrogen and oxygen atoms in total. The first-order valence-electron chi connectivity index (χ1n) is 8.70. The molecule has 1 unspecified atom stereocenters. The number of nitrogens with two attached hydrogens (primary N) is 1. The van der Waals surface area contributed by atoms with Gasteiger partial charge in [0.1, 0.15) is 11.1 Å². The Hall–Kier alpha value is -1.39. The zero-order valence-electron chi connectivity index (χ0n) is 14.8. The maximum atomic E-state index is 5.61. The molecule has 1 aliphatic rings. The highest BCUT2D eigenvalue weighted by molar-refractivity contribution is 7.09. The van der Waals surface area contributed by atoms with Crippen molar-refractivity contribution in [3.63, 3.8) is 0 Å². The Morgan fingerprint density at radius 1 is 1.24 bits per heavy atom. The van der Waals surface area contributed by atoms with Gasteiger partial charge in [0, 0.05) is 44.7 Å². The number of hydrogen-bond donors (Lipinski definition) is 1. The summed E-state index contributed by atoms with van der Waals surface area (Å²) in [5, 5.41) is 7.16. The molecule has 0 amide bonds. The van der Waals surface area contributed by atoms with Gasteiger partial charge in [0.2, 0.25) is 5.89 Å². The first-order chi connectivity index (χ1) is 12.2. The lowest BCUT2D eigenvalue weighted by Crippen LogP contribution is -2.45. The van der Waals surface area contributed by atoms with Crippen LogP contribution in [0, 0.1) is 0 Å². The van der Waals surface area contributed by atoms with E-state index in [9.17, 15) is 0 Å². The third-order valence-corrected chi connectivity index (χ3v) is 5.29. The fourth-order valence-corrected chi connectivity index (χ4v) is 3.69. The van der Waals surface area contributed by atoms with E-state index in [1.54, 1.807) is 11.3 Å². The molecule has 0 bridgehead atoms. The Morgan fingerprint density at radius 3 is 2.60 bits per heavy atom. The van der Waals surface area contributed by atoms with Crippen LogP contribution in [0.15, 0.2) is 9.90 Å². The van der Waals surface area contributed by atoms with E-state index >= 15 is 0 Å². The van der Waals surface area contributed by atoms with Crippen LogP contribution in [0.25, 0.3) is 0 Å². The van der Waals surface area contributed by atoms with Crippen LogP contribution in [0.1, 0.15) is 42.4 Å².